The third-order valence-electron chi connectivity index (χ3n) is 2.95. The molecule has 0 saturated heterocycles. The summed E-state index contributed by atoms with van der Waals surface area (Å²) in [4.78, 5) is 12.0. The van der Waals surface area contributed by atoms with Gasteiger partial charge in [-0.15, -0.1) is 0 Å². The Morgan fingerprint density at radius 2 is 1.79 bits per heavy atom. The molecule has 24 heavy (non-hydrogen) atoms. The van der Waals surface area contributed by atoms with Crippen LogP contribution >= 0.6 is 15.9 Å². The second-order valence-electron chi connectivity index (χ2n) is 4.85. The number of hydrogen-bond acceptors (Lipinski definition) is 2. The van der Waals surface area contributed by atoms with Crippen molar-refractivity contribution in [1.29, 1.82) is 0 Å². The number of rotatable bonds is 5. The molecule has 0 heterocycles. The van der Waals surface area contributed by atoms with Crippen molar-refractivity contribution in [3.8, 4) is 5.75 Å². The molecule has 0 fully saturated rings. The topological polar surface area (TPSA) is 38.3 Å². The molecule has 2 rings (SSSR count). The lowest BCUT2D eigenvalue weighted by molar-refractivity contribution is -0.153. The maximum atomic E-state index is 13.0. The standard InChI is InChI=1S/C16H12BrF4NO2/c17-14-7-11(18)3-6-13(14)15(23)22-8-10-1-4-12(5-2-10)24-9-16(19,20)21/h1-7H,8-9H2,(H,22,23). The molecule has 0 aromatic heterocycles. The van der Waals surface area contributed by atoms with Gasteiger partial charge in [0.2, 0.25) is 0 Å². The van der Waals surface area contributed by atoms with Gasteiger partial charge >= 0.3 is 6.18 Å². The van der Waals surface area contributed by atoms with E-state index in [0.717, 1.165) is 0 Å². The minimum absolute atomic E-state index is 0.0867. The lowest BCUT2D eigenvalue weighted by Crippen LogP contribution is -2.23. The quantitative estimate of drug-likeness (QED) is 0.745. The minimum Gasteiger partial charge on any atom is -0.484 e. The van der Waals surface area contributed by atoms with Gasteiger partial charge in [-0.05, 0) is 51.8 Å². The van der Waals surface area contributed by atoms with Crippen molar-refractivity contribution in [2.24, 2.45) is 0 Å². The summed E-state index contributed by atoms with van der Waals surface area (Å²) in [6.07, 6.45) is -4.39. The van der Waals surface area contributed by atoms with Gasteiger partial charge in [0.1, 0.15) is 11.6 Å². The molecule has 3 nitrogen and oxygen atoms in total. The predicted molar refractivity (Wildman–Crippen MR) is 83.3 cm³/mol. The summed E-state index contributed by atoms with van der Waals surface area (Å²) in [5.74, 6) is -0.782. The lowest BCUT2D eigenvalue weighted by Gasteiger charge is -2.10. The van der Waals surface area contributed by atoms with Gasteiger partial charge < -0.3 is 10.1 Å². The molecule has 0 radical (unpaired) electrons. The van der Waals surface area contributed by atoms with Crippen molar-refractivity contribution < 1.29 is 27.1 Å². The molecule has 1 amide bonds. The van der Waals surface area contributed by atoms with Crippen molar-refractivity contribution in [2.75, 3.05) is 6.61 Å². The van der Waals surface area contributed by atoms with Crippen LogP contribution in [-0.2, 0) is 6.54 Å². The van der Waals surface area contributed by atoms with E-state index in [2.05, 4.69) is 26.0 Å². The van der Waals surface area contributed by atoms with Crippen LogP contribution in [0.2, 0.25) is 0 Å². The second kappa shape index (κ2) is 7.65. The molecule has 2 aromatic rings. The lowest BCUT2D eigenvalue weighted by atomic mass is 10.2. The van der Waals surface area contributed by atoms with E-state index in [-0.39, 0.29) is 17.9 Å². The molecule has 0 aliphatic carbocycles. The minimum atomic E-state index is -4.39. The number of benzene rings is 2. The highest BCUT2D eigenvalue weighted by molar-refractivity contribution is 9.10. The maximum Gasteiger partial charge on any atom is 0.422 e. The first-order valence-electron chi connectivity index (χ1n) is 6.76. The van der Waals surface area contributed by atoms with Gasteiger partial charge in [0.25, 0.3) is 5.91 Å². The summed E-state index contributed by atoms with van der Waals surface area (Å²) in [6.45, 7) is -1.19. The van der Waals surface area contributed by atoms with Crippen molar-refractivity contribution >= 4 is 21.8 Å². The van der Waals surface area contributed by atoms with Crippen molar-refractivity contribution in [2.45, 2.75) is 12.7 Å². The average molecular weight is 406 g/mol. The zero-order valence-corrected chi connectivity index (χ0v) is 13.7. The monoisotopic (exact) mass is 405 g/mol. The number of hydrogen-bond donors (Lipinski definition) is 1. The molecule has 0 atom stereocenters. The van der Waals surface area contributed by atoms with Crippen LogP contribution in [0.1, 0.15) is 15.9 Å². The molecule has 0 saturated carbocycles. The van der Waals surface area contributed by atoms with Crippen molar-refractivity contribution in [3.05, 3.63) is 63.9 Å². The van der Waals surface area contributed by atoms with Crippen LogP contribution in [0.5, 0.6) is 5.75 Å². The van der Waals surface area contributed by atoms with Gasteiger partial charge in [-0.3, -0.25) is 4.79 Å². The third-order valence-corrected chi connectivity index (χ3v) is 3.61. The SMILES string of the molecule is O=C(NCc1ccc(OCC(F)(F)F)cc1)c1ccc(F)cc1Br. The molecule has 1 N–H and O–H groups in total. The van der Waals surface area contributed by atoms with Crippen LogP contribution in [0.25, 0.3) is 0 Å². The number of carbonyl (C=O) groups excluding carboxylic acids is 1. The molecule has 0 spiro atoms. The first-order valence-corrected chi connectivity index (χ1v) is 7.55. The summed E-state index contributed by atoms with van der Waals surface area (Å²) in [7, 11) is 0. The predicted octanol–water partition coefficient (Wildman–Crippen LogP) is 4.46. The van der Waals surface area contributed by atoms with E-state index in [1.165, 1.54) is 30.3 Å². The molecule has 0 bridgehead atoms. The molecule has 0 unspecified atom stereocenters. The van der Waals surface area contributed by atoms with Crippen LogP contribution in [0, 0.1) is 5.82 Å². The van der Waals surface area contributed by atoms with Gasteiger partial charge in [0, 0.05) is 11.0 Å². The van der Waals surface area contributed by atoms with E-state index >= 15 is 0 Å². The number of carbonyl (C=O) groups is 1. The highest BCUT2D eigenvalue weighted by Crippen LogP contribution is 2.20. The van der Waals surface area contributed by atoms with Crippen LogP contribution in [0.15, 0.2) is 46.9 Å². The Morgan fingerprint density at radius 1 is 1.12 bits per heavy atom. The Morgan fingerprint density at radius 3 is 2.38 bits per heavy atom. The van der Waals surface area contributed by atoms with Gasteiger partial charge in [-0.25, -0.2) is 4.39 Å². The molecular formula is C16H12BrF4NO2. The number of alkyl halides is 3. The molecule has 128 valence electrons. The Hall–Kier alpha value is -2.09. The number of amides is 1. The fourth-order valence-electron chi connectivity index (χ4n) is 1.82. The van der Waals surface area contributed by atoms with E-state index in [0.29, 0.717) is 10.0 Å². The van der Waals surface area contributed by atoms with Gasteiger partial charge in [0.15, 0.2) is 6.61 Å². The first kappa shape index (κ1) is 18.3. The Bertz CT molecular complexity index is 717. The molecule has 0 aliphatic rings. The Kier molecular flexibility index (Phi) is 5.82. The van der Waals surface area contributed by atoms with Crippen molar-refractivity contribution in [1.82, 2.24) is 5.32 Å². The van der Waals surface area contributed by atoms with E-state index in [9.17, 15) is 22.4 Å². The number of nitrogens with one attached hydrogen (secondary N) is 1. The summed E-state index contributed by atoms with van der Waals surface area (Å²) in [5.41, 5.74) is 0.961. The second-order valence-corrected chi connectivity index (χ2v) is 5.71. The van der Waals surface area contributed by atoms with Crippen LogP contribution in [-0.4, -0.2) is 18.7 Å². The fourth-order valence-corrected chi connectivity index (χ4v) is 2.35. The number of halogens is 5. The van der Waals surface area contributed by atoms with E-state index in [1.807, 2.05) is 0 Å². The highest BCUT2D eigenvalue weighted by atomic mass is 79.9. The van der Waals surface area contributed by atoms with Gasteiger partial charge in [-0.1, -0.05) is 12.1 Å². The molecule has 0 aliphatic heterocycles. The zero-order chi connectivity index (χ0) is 17.7. The Balaban J connectivity index is 1.91. The molecular weight excluding hydrogens is 394 g/mol. The van der Waals surface area contributed by atoms with Crippen LogP contribution in [0.4, 0.5) is 17.6 Å². The summed E-state index contributed by atoms with van der Waals surface area (Å²) in [5, 5.41) is 2.64. The summed E-state index contributed by atoms with van der Waals surface area (Å²) in [6, 6.07) is 9.58. The zero-order valence-electron chi connectivity index (χ0n) is 12.2. The Labute approximate surface area is 143 Å². The molecule has 8 heteroatoms. The van der Waals surface area contributed by atoms with Gasteiger partial charge in [-0.2, -0.15) is 13.2 Å². The fraction of sp³-hybridized carbons (Fsp3) is 0.188. The normalized spacial score (nSPS) is 11.2. The van der Waals surface area contributed by atoms with Gasteiger partial charge in [0.05, 0.1) is 5.56 Å². The van der Waals surface area contributed by atoms with E-state index in [4.69, 9.17) is 0 Å². The molecule has 2 aromatic carbocycles. The smallest absolute Gasteiger partial charge is 0.422 e. The van der Waals surface area contributed by atoms with Crippen molar-refractivity contribution in [3.63, 3.8) is 0 Å². The largest absolute Gasteiger partial charge is 0.484 e. The third kappa shape index (κ3) is 5.52. The summed E-state index contributed by atoms with van der Waals surface area (Å²) >= 11 is 3.11. The maximum absolute atomic E-state index is 13.0. The van der Waals surface area contributed by atoms with E-state index in [1.54, 1.807) is 12.1 Å². The highest BCUT2D eigenvalue weighted by Gasteiger charge is 2.28. The van der Waals surface area contributed by atoms with E-state index < -0.39 is 24.5 Å². The van der Waals surface area contributed by atoms with Crippen LogP contribution in [0.3, 0.4) is 0 Å². The number of ether oxygens (including phenoxy) is 1. The summed E-state index contributed by atoms with van der Waals surface area (Å²) < 4.78 is 54.1. The van der Waals surface area contributed by atoms with Crippen LogP contribution < -0.4 is 10.1 Å². The first-order chi connectivity index (χ1) is 11.2. The average Bonchev–Trinajstić information content (AvgIpc) is 2.51.